The maximum atomic E-state index is 12.9. The average Bonchev–Trinajstić information content (AvgIpc) is 2.95. The molecule has 1 fully saturated rings. The van der Waals surface area contributed by atoms with Crippen LogP contribution in [0, 0.1) is 5.82 Å². The summed E-state index contributed by atoms with van der Waals surface area (Å²) in [5.41, 5.74) is 1.01. The van der Waals surface area contributed by atoms with Crippen LogP contribution in [0.4, 0.5) is 9.18 Å². The van der Waals surface area contributed by atoms with Gasteiger partial charge in [-0.1, -0.05) is 12.1 Å². The van der Waals surface area contributed by atoms with Gasteiger partial charge in [-0.05, 0) is 37.0 Å². The maximum Gasteiger partial charge on any atom is 0.318 e. The molecule has 2 rings (SSSR count). The maximum absolute atomic E-state index is 12.9. The number of likely N-dealkylation sites (N-methyl/N-ethyl adjacent to an activating group) is 1. The number of hydrogen-bond donors (Lipinski definition) is 1. The molecule has 3 amide bonds. The van der Waals surface area contributed by atoms with Crippen molar-refractivity contribution in [3.63, 3.8) is 0 Å². The lowest BCUT2D eigenvalue weighted by Gasteiger charge is -2.25. The van der Waals surface area contributed by atoms with Crippen LogP contribution < -0.4 is 5.32 Å². The Labute approximate surface area is 130 Å². The smallest absolute Gasteiger partial charge is 0.318 e. The highest BCUT2D eigenvalue weighted by Crippen LogP contribution is 2.21. The Morgan fingerprint density at radius 1 is 1.32 bits per heavy atom. The molecule has 1 aliphatic heterocycles. The Hall–Kier alpha value is -2.11. The second kappa shape index (κ2) is 7.24. The highest BCUT2D eigenvalue weighted by molar-refractivity contribution is 5.83. The molecule has 1 saturated heterocycles. The Bertz CT molecular complexity index is 531. The standard InChI is InChI=1S/C16H22FN3O2/c1-19(2)15(21)11-18-16(22)20-9-3-4-14(20)10-12-5-7-13(17)8-6-12/h5-8,14H,3-4,9-11H2,1-2H3,(H,18,22). The van der Waals surface area contributed by atoms with Gasteiger partial charge in [0, 0.05) is 26.7 Å². The van der Waals surface area contributed by atoms with Crippen LogP contribution in [0.25, 0.3) is 0 Å². The van der Waals surface area contributed by atoms with E-state index in [-0.39, 0.29) is 30.3 Å². The van der Waals surface area contributed by atoms with Gasteiger partial charge in [0.15, 0.2) is 0 Å². The number of nitrogens with zero attached hydrogens (tertiary/aromatic N) is 2. The third kappa shape index (κ3) is 4.19. The van der Waals surface area contributed by atoms with Crippen molar-refractivity contribution in [2.75, 3.05) is 27.2 Å². The minimum absolute atomic E-state index is 0.00556. The molecule has 0 aliphatic carbocycles. The van der Waals surface area contributed by atoms with E-state index in [9.17, 15) is 14.0 Å². The first-order chi connectivity index (χ1) is 10.5. The number of likely N-dealkylation sites (tertiary alicyclic amines) is 1. The summed E-state index contributed by atoms with van der Waals surface area (Å²) in [5, 5.41) is 2.67. The molecule has 0 saturated carbocycles. The van der Waals surface area contributed by atoms with E-state index in [0.29, 0.717) is 13.0 Å². The number of carbonyl (C=O) groups is 2. The first kappa shape index (κ1) is 16.3. The molecule has 0 radical (unpaired) electrons. The van der Waals surface area contributed by atoms with Crippen LogP contribution >= 0.6 is 0 Å². The zero-order chi connectivity index (χ0) is 16.1. The van der Waals surface area contributed by atoms with E-state index < -0.39 is 0 Å². The lowest BCUT2D eigenvalue weighted by Crippen LogP contribution is -2.46. The monoisotopic (exact) mass is 307 g/mol. The van der Waals surface area contributed by atoms with Crippen molar-refractivity contribution in [1.29, 1.82) is 0 Å². The summed E-state index contributed by atoms with van der Waals surface area (Å²) < 4.78 is 12.9. The third-order valence-corrected chi connectivity index (χ3v) is 3.91. The lowest BCUT2D eigenvalue weighted by molar-refractivity contribution is -0.127. The molecule has 0 bridgehead atoms. The second-order valence-corrected chi connectivity index (χ2v) is 5.77. The van der Waals surface area contributed by atoms with Crippen LogP contribution in [0.5, 0.6) is 0 Å². The van der Waals surface area contributed by atoms with Crippen LogP contribution in [0.3, 0.4) is 0 Å². The number of hydrogen-bond acceptors (Lipinski definition) is 2. The molecule has 6 heteroatoms. The number of carbonyl (C=O) groups excluding carboxylic acids is 2. The molecule has 1 N–H and O–H groups in total. The van der Waals surface area contributed by atoms with Gasteiger partial charge in [0.05, 0.1) is 6.54 Å². The number of amides is 3. The van der Waals surface area contributed by atoms with E-state index in [1.807, 2.05) is 0 Å². The lowest BCUT2D eigenvalue weighted by atomic mass is 10.0. The molecule has 120 valence electrons. The van der Waals surface area contributed by atoms with Gasteiger partial charge in [-0.3, -0.25) is 4.79 Å². The van der Waals surface area contributed by atoms with Gasteiger partial charge in [-0.15, -0.1) is 0 Å². The fraction of sp³-hybridized carbons (Fsp3) is 0.500. The van der Waals surface area contributed by atoms with Crippen LogP contribution in [-0.2, 0) is 11.2 Å². The SMILES string of the molecule is CN(C)C(=O)CNC(=O)N1CCCC1Cc1ccc(F)cc1. The van der Waals surface area contributed by atoms with Crippen LogP contribution in [0.15, 0.2) is 24.3 Å². The third-order valence-electron chi connectivity index (χ3n) is 3.91. The number of rotatable bonds is 4. The minimum Gasteiger partial charge on any atom is -0.347 e. The van der Waals surface area contributed by atoms with Gasteiger partial charge >= 0.3 is 6.03 Å². The number of halogens is 1. The fourth-order valence-electron chi connectivity index (χ4n) is 2.62. The summed E-state index contributed by atoms with van der Waals surface area (Å²) in [5.74, 6) is -0.394. The molecule has 1 heterocycles. The van der Waals surface area contributed by atoms with Crippen LogP contribution in [0.1, 0.15) is 18.4 Å². The van der Waals surface area contributed by atoms with Crippen molar-refractivity contribution in [2.45, 2.75) is 25.3 Å². The van der Waals surface area contributed by atoms with E-state index in [2.05, 4.69) is 5.32 Å². The van der Waals surface area contributed by atoms with Crippen molar-refractivity contribution >= 4 is 11.9 Å². The van der Waals surface area contributed by atoms with Crippen molar-refractivity contribution in [1.82, 2.24) is 15.1 Å². The van der Waals surface area contributed by atoms with Gasteiger partial charge in [0.1, 0.15) is 5.82 Å². The molecular weight excluding hydrogens is 285 g/mol. The number of nitrogens with one attached hydrogen (secondary N) is 1. The van der Waals surface area contributed by atoms with E-state index in [0.717, 1.165) is 18.4 Å². The zero-order valence-corrected chi connectivity index (χ0v) is 13.0. The average molecular weight is 307 g/mol. The Balaban J connectivity index is 1.90. The molecule has 1 aromatic rings. The predicted octanol–water partition coefficient (Wildman–Crippen LogP) is 1.63. The zero-order valence-electron chi connectivity index (χ0n) is 13.0. The van der Waals surface area contributed by atoms with E-state index >= 15 is 0 Å². The highest BCUT2D eigenvalue weighted by atomic mass is 19.1. The van der Waals surface area contributed by atoms with Gasteiger partial charge in [0.25, 0.3) is 0 Å². The van der Waals surface area contributed by atoms with Crippen LogP contribution in [-0.4, -0.2) is 55.0 Å². The largest absolute Gasteiger partial charge is 0.347 e. The van der Waals surface area contributed by atoms with Crippen molar-refractivity contribution in [3.8, 4) is 0 Å². The van der Waals surface area contributed by atoms with Crippen molar-refractivity contribution in [2.24, 2.45) is 0 Å². The summed E-state index contributed by atoms with van der Waals surface area (Å²) in [4.78, 5) is 26.9. The van der Waals surface area contributed by atoms with Gasteiger partial charge < -0.3 is 15.1 Å². The first-order valence-electron chi connectivity index (χ1n) is 7.46. The Kier molecular flexibility index (Phi) is 5.35. The normalized spacial score (nSPS) is 17.4. The Morgan fingerprint density at radius 2 is 2.00 bits per heavy atom. The molecule has 0 spiro atoms. The van der Waals surface area contributed by atoms with Crippen molar-refractivity contribution in [3.05, 3.63) is 35.6 Å². The summed E-state index contributed by atoms with van der Waals surface area (Å²) in [6.07, 6.45) is 2.57. The van der Waals surface area contributed by atoms with Gasteiger partial charge in [0.2, 0.25) is 5.91 Å². The summed E-state index contributed by atoms with van der Waals surface area (Å²) in [6.45, 7) is 0.694. The Morgan fingerprint density at radius 3 is 2.64 bits per heavy atom. The molecule has 1 aromatic carbocycles. The van der Waals surface area contributed by atoms with Gasteiger partial charge in [-0.2, -0.15) is 0 Å². The number of urea groups is 1. The predicted molar refractivity (Wildman–Crippen MR) is 81.9 cm³/mol. The van der Waals surface area contributed by atoms with E-state index in [4.69, 9.17) is 0 Å². The van der Waals surface area contributed by atoms with Crippen molar-refractivity contribution < 1.29 is 14.0 Å². The first-order valence-corrected chi connectivity index (χ1v) is 7.46. The topological polar surface area (TPSA) is 52.7 Å². The summed E-state index contributed by atoms with van der Waals surface area (Å²) >= 11 is 0. The van der Waals surface area contributed by atoms with E-state index in [1.165, 1.54) is 17.0 Å². The molecule has 1 atom stereocenters. The molecule has 0 aromatic heterocycles. The number of benzene rings is 1. The molecule has 1 unspecified atom stereocenters. The summed E-state index contributed by atoms with van der Waals surface area (Å²) in [7, 11) is 3.31. The quantitative estimate of drug-likeness (QED) is 0.919. The van der Waals surface area contributed by atoms with Gasteiger partial charge in [-0.25, -0.2) is 9.18 Å². The molecule has 5 nitrogen and oxygen atoms in total. The van der Waals surface area contributed by atoms with Crippen LogP contribution in [0.2, 0.25) is 0 Å². The summed E-state index contributed by atoms with van der Waals surface area (Å²) in [6, 6.07) is 6.26. The fourth-order valence-corrected chi connectivity index (χ4v) is 2.62. The molecule has 22 heavy (non-hydrogen) atoms. The minimum atomic E-state index is -0.257. The van der Waals surface area contributed by atoms with E-state index in [1.54, 1.807) is 31.1 Å². The molecular formula is C16H22FN3O2. The molecule has 1 aliphatic rings. The second-order valence-electron chi connectivity index (χ2n) is 5.77. The highest BCUT2D eigenvalue weighted by Gasteiger charge is 2.28.